The van der Waals surface area contributed by atoms with Gasteiger partial charge in [-0.3, -0.25) is 0 Å². The van der Waals surface area contributed by atoms with Crippen LogP contribution >= 0.6 is 0 Å². The highest BCUT2D eigenvalue weighted by Gasteiger charge is 2.24. The van der Waals surface area contributed by atoms with Crippen molar-refractivity contribution < 1.29 is 9.84 Å². The first-order chi connectivity index (χ1) is 8.83. The molecule has 0 bridgehead atoms. The fourth-order valence-corrected chi connectivity index (χ4v) is 2.16. The molecule has 5 nitrogen and oxygen atoms in total. The Balaban J connectivity index is 1.90. The third-order valence-corrected chi connectivity index (χ3v) is 3.31. The van der Waals surface area contributed by atoms with Crippen molar-refractivity contribution in [1.82, 2.24) is 4.98 Å². The molecular weight excluding hydrogens is 230 g/mol. The van der Waals surface area contributed by atoms with Gasteiger partial charge in [0.05, 0.1) is 0 Å². The minimum absolute atomic E-state index is 0.150. The van der Waals surface area contributed by atoms with Gasteiger partial charge in [0.25, 0.3) is 0 Å². The summed E-state index contributed by atoms with van der Waals surface area (Å²) in [5, 5.41) is 21.4. The molecule has 2 rings (SSSR count). The number of hydrogen-bond acceptors (Lipinski definition) is 5. The molecule has 1 aromatic rings. The molecular formula is C13H17N3O2. The molecule has 1 aliphatic rings. The summed E-state index contributed by atoms with van der Waals surface area (Å²) in [5.41, 5.74) is 1.25. The van der Waals surface area contributed by atoms with Crippen molar-refractivity contribution >= 4 is 5.69 Å². The van der Waals surface area contributed by atoms with Crippen molar-refractivity contribution in [2.24, 2.45) is 11.8 Å². The number of pyridine rings is 1. The van der Waals surface area contributed by atoms with Crippen LogP contribution in [0.25, 0.3) is 0 Å². The summed E-state index contributed by atoms with van der Waals surface area (Å²) >= 11 is 0. The maximum atomic E-state index is 9.40. The molecule has 2 atom stereocenters. The molecule has 0 aliphatic carbocycles. The van der Waals surface area contributed by atoms with Crippen LogP contribution < -0.4 is 5.32 Å². The zero-order valence-corrected chi connectivity index (χ0v) is 10.2. The van der Waals surface area contributed by atoms with Gasteiger partial charge < -0.3 is 15.2 Å². The summed E-state index contributed by atoms with van der Waals surface area (Å²) in [5.74, 6) is 0.603. The normalized spacial score (nSPS) is 20.3. The predicted molar refractivity (Wildman–Crippen MR) is 66.9 cm³/mol. The van der Waals surface area contributed by atoms with Gasteiger partial charge in [-0.2, -0.15) is 5.26 Å². The minimum atomic E-state index is 0.150. The van der Waals surface area contributed by atoms with Gasteiger partial charge in [-0.05, 0) is 24.5 Å². The molecule has 0 aromatic carbocycles. The van der Waals surface area contributed by atoms with Gasteiger partial charge >= 0.3 is 0 Å². The minimum Gasteiger partial charge on any atom is -0.396 e. The zero-order chi connectivity index (χ0) is 12.8. The van der Waals surface area contributed by atoms with E-state index in [4.69, 9.17) is 10.00 Å². The molecule has 1 aromatic heterocycles. The number of aliphatic hydroxyl groups excluding tert-OH is 1. The van der Waals surface area contributed by atoms with Crippen LogP contribution in [0, 0.1) is 23.2 Å². The van der Waals surface area contributed by atoms with Gasteiger partial charge in [0, 0.05) is 44.2 Å². The van der Waals surface area contributed by atoms with E-state index in [9.17, 15) is 5.11 Å². The molecule has 5 heteroatoms. The van der Waals surface area contributed by atoms with Gasteiger partial charge in [0.1, 0.15) is 11.8 Å². The van der Waals surface area contributed by atoms with Gasteiger partial charge in [0.2, 0.25) is 0 Å². The van der Waals surface area contributed by atoms with Crippen molar-refractivity contribution in [1.29, 1.82) is 5.26 Å². The second-order valence-corrected chi connectivity index (χ2v) is 4.49. The van der Waals surface area contributed by atoms with Crippen molar-refractivity contribution in [2.45, 2.75) is 6.42 Å². The first kappa shape index (κ1) is 12.8. The number of nitrogens with zero attached hydrogens (tertiary/aromatic N) is 2. The average Bonchev–Trinajstić information content (AvgIpc) is 2.94. The number of anilines is 1. The number of rotatable bonds is 5. The highest BCUT2D eigenvalue weighted by Crippen LogP contribution is 2.22. The smallest absolute Gasteiger partial charge is 0.142 e. The number of ether oxygens (including phenoxy) is 1. The summed E-state index contributed by atoms with van der Waals surface area (Å²) in [6.07, 6.45) is 2.61. The van der Waals surface area contributed by atoms with Crippen LogP contribution in [-0.4, -0.2) is 36.5 Å². The number of aliphatic hydroxyl groups is 1. The third kappa shape index (κ3) is 3.19. The number of hydrogen-bond donors (Lipinski definition) is 2. The Kier molecular flexibility index (Phi) is 4.51. The maximum absolute atomic E-state index is 9.40. The molecule has 0 spiro atoms. The van der Waals surface area contributed by atoms with E-state index in [1.165, 1.54) is 0 Å². The molecule has 2 heterocycles. The Morgan fingerprint density at radius 1 is 1.67 bits per heavy atom. The van der Waals surface area contributed by atoms with Crippen LogP contribution in [0.1, 0.15) is 12.1 Å². The van der Waals surface area contributed by atoms with Crippen LogP contribution in [-0.2, 0) is 4.74 Å². The van der Waals surface area contributed by atoms with Crippen molar-refractivity contribution in [2.75, 3.05) is 31.7 Å². The van der Waals surface area contributed by atoms with Crippen molar-refractivity contribution in [3.05, 3.63) is 24.0 Å². The summed E-state index contributed by atoms with van der Waals surface area (Å²) in [4.78, 5) is 3.91. The zero-order valence-electron chi connectivity index (χ0n) is 10.2. The summed E-state index contributed by atoms with van der Waals surface area (Å²) in [7, 11) is 0. The second kappa shape index (κ2) is 6.34. The molecule has 1 fully saturated rings. The monoisotopic (exact) mass is 247 g/mol. The third-order valence-electron chi connectivity index (χ3n) is 3.31. The van der Waals surface area contributed by atoms with Gasteiger partial charge in [-0.25, -0.2) is 4.98 Å². The maximum Gasteiger partial charge on any atom is 0.142 e. The van der Waals surface area contributed by atoms with Crippen LogP contribution in [0.4, 0.5) is 5.69 Å². The Labute approximate surface area is 106 Å². The first-order valence-electron chi connectivity index (χ1n) is 6.12. The standard InChI is InChI=1S/C13H17N3O2/c14-6-13-5-12(1-3-15-13)16-7-11(8-17)10-2-4-18-9-10/h1,3,5,10-11,17H,2,4,7-9H2,(H,15,16). The highest BCUT2D eigenvalue weighted by molar-refractivity contribution is 5.45. The van der Waals surface area contributed by atoms with E-state index in [-0.39, 0.29) is 12.5 Å². The molecule has 2 unspecified atom stereocenters. The van der Waals surface area contributed by atoms with E-state index >= 15 is 0 Å². The van der Waals surface area contributed by atoms with E-state index in [0.717, 1.165) is 25.3 Å². The predicted octanol–water partition coefficient (Wildman–Crippen LogP) is 1.01. The van der Waals surface area contributed by atoms with Gasteiger partial charge in [-0.1, -0.05) is 0 Å². The summed E-state index contributed by atoms with van der Waals surface area (Å²) in [6, 6.07) is 5.53. The fraction of sp³-hybridized carbons (Fsp3) is 0.538. The van der Waals surface area contributed by atoms with E-state index in [1.54, 1.807) is 12.3 Å². The highest BCUT2D eigenvalue weighted by atomic mass is 16.5. The SMILES string of the molecule is N#Cc1cc(NCC(CO)C2CCOC2)ccn1. The topological polar surface area (TPSA) is 78.2 Å². The van der Waals surface area contributed by atoms with Crippen molar-refractivity contribution in [3.8, 4) is 6.07 Å². The first-order valence-corrected chi connectivity index (χ1v) is 6.12. The molecule has 0 saturated carbocycles. The lowest BCUT2D eigenvalue weighted by molar-refractivity contribution is 0.145. The lowest BCUT2D eigenvalue weighted by Crippen LogP contribution is -2.26. The number of aromatic nitrogens is 1. The largest absolute Gasteiger partial charge is 0.396 e. The van der Waals surface area contributed by atoms with Crippen LogP contribution in [0.2, 0.25) is 0 Å². The average molecular weight is 247 g/mol. The molecule has 1 aliphatic heterocycles. The molecule has 96 valence electrons. The van der Waals surface area contributed by atoms with E-state index < -0.39 is 0 Å². The summed E-state index contributed by atoms with van der Waals surface area (Å²) in [6.45, 7) is 2.35. The summed E-state index contributed by atoms with van der Waals surface area (Å²) < 4.78 is 5.34. The molecule has 18 heavy (non-hydrogen) atoms. The Bertz CT molecular complexity index is 424. The van der Waals surface area contributed by atoms with Crippen molar-refractivity contribution in [3.63, 3.8) is 0 Å². The van der Waals surface area contributed by atoms with E-state index in [0.29, 0.717) is 18.2 Å². The molecule has 0 amide bonds. The Hall–Kier alpha value is -1.64. The Morgan fingerprint density at radius 3 is 3.22 bits per heavy atom. The van der Waals surface area contributed by atoms with Crippen LogP contribution in [0.3, 0.4) is 0 Å². The second-order valence-electron chi connectivity index (χ2n) is 4.49. The van der Waals surface area contributed by atoms with Crippen LogP contribution in [0.5, 0.6) is 0 Å². The fourth-order valence-electron chi connectivity index (χ4n) is 2.16. The Morgan fingerprint density at radius 2 is 2.56 bits per heavy atom. The van der Waals surface area contributed by atoms with Gasteiger partial charge in [0.15, 0.2) is 0 Å². The molecule has 2 N–H and O–H groups in total. The van der Waals surface area contributed by atoms with E-state index in [1.807, 2.05) is 12.1 Å². The quantitative estimate of drug-likeness (QED) is 0.812. The molecule has 0 radical (unpaired) electrons. The molecule has 1 saturated heterocycles. The lowest BCUT2D eigenvalue weighted by Gasteiger charge is -2.20. The number of nitrogens with one attached hydrogen (secondary N) is 1. The lowest BCUT2D eigenvalue weighted by atomic mass is 9.92. The van der Waals surface area contributed by atoms with Crippen LogP contribution in [0.15, 0.2) is 18.3 Å². The van der Waals surface area contributed by atoms with E-state index in [2.05, 4.69) is 10.3 Å². The number of nitriles is 1. The van der Waals surface area contributed by atoms with Gasteiger partial charge in [-0.15, -0.1) is 0 Å².